The molecular weight excluding hydrogens is 422 g/mol. The molecule has 2 aromatic rings. The van der Waals surface area contributed by atoms with Crippen LogP contribution in [0.4, 0.5) is 0 Å². The van der Waals surface area contributed by atoms with Gasteiger partial charge in [0.15, 0.2) is 0 Å². The highest BCUT2D eigenvalue weighted by molar-refractivity contribution is 7.80. The van der Waals surface area contributed by atoms with E-state index in [-0.39, 0.29) is 12.2 Å². The number of carbonyl (C=O) groups is 4. The standard InChI is InChI=1S/C20H27N5O5S/c1-10(21)17(26)25-16(9-31)19(28)23-11(2)18(27)24-15(20(29)30)7-12-8-22-14-6-4-3-5-13(12)14/h3-6,8,10-11,15-16,22,31H,7,9,21H2,1-2H3,(H,23,28)(H,24,27)(H,25,26)(H,29,30). The summed E-state index contributed by atoms with van der Waals surface area (Å²) in [6.45, 7) is 2.89. The molecule has 7 N–H and O–H groups in total. The topological polar surface area (TPSA) is 166 Å². The van der Waals surface area contributed by atoms with Gasteiger partial charge >= 0.3 is 5.97 Å². The van der Waals surface area contributed by atoms with Crippen LogP contribution in [0.3, 0.4) is 0 Å². The molecule has 0 saturated heterocycles. The summed E-state index contributed by atoms with van der Waals surface area (Å²) >= 11 is 4.04. The Labute approximate surface area is 184 Å². The van der Waals surface area contributed by atoms with Crippen molar-refractivity contribution in [2.45, 2.75) is 44.4 Å². The van der Waals surface area contributed by atoms with E-state index >= 15 is 0 Å². The van der Waals surface area contributed by atoms with Crippen LogP contribution < -0.4 is 21.7 Å². The summed E-state index contributed by atoms with van der Waals surface area (Å²) in [6, 6.07) is 3.41. The molecule has 4 atom stereocenters. The van der Waals surface area contributed by atoms with Crippen molar-refractivity contribution < 1.29 is 24.3 Å². The molecule has 11 heteroatoms. The molecule has 10 nitrogen and oxygen atoms in total. The molecule has 1 aromatic heterocycles. The second-order valence-electron chi connectivity index (χ2n) is 7.23. The summed E-state index contributed by atoms with van der Waals surface area (Å²) in [7, 11) is 0. The first-order valence-corrected chi connectivity index (χ1v) is 10.3. The highest BCUT2D eigenvalue weighted by Gasteiger charge is 2.27. The maximum atomic E-state index is 12.5. The van der Waals surface area contributed by atoms with Gasteiger partial charge in [0.25, 0.3) is 0 Å². The van der Waals surface area contributed by atoms with Gasteiger partial charge in [-0.1, -0.05) is 18.2 Å². The largest absolute Gasteiger partial charge is 0.480 e. The number of nitrogens with one attached hydrogen (secondary N) is 4. The summed E-state index contributed by atoms with van der Waals surface area (Å²) in [6.07, 6.45) is 1.77. The number of benzene rings is 1. The van der Waals surface area contributed by atoms with Crippen molar-refractivity contribution in [3.63, 3.8) is 0 Å². The number of nitrogens with two attached hydrogens (primary N) is 1. The zero-order valence-electron chi connectivity index (χ0n) is 17.2. The Morgan fingerprint density at radius 2 is 1.68 bits per heavy atom. The first kappa shape index (κ1) is 24.2. The smallest absolute Gasteiger partial charge is 0.326 e. The third kappa shape index (κ3) is 6.46. The molecule has 0 aliphatic rings. The predicted octanol–water partition coefficient (Wildman–Crippen LogP) is -0.454. The minimum atomic E-state index is -1.20. The molecule has 0 fully saturated rings. The van der Waals surface area contributed by atoms with Crippen LogP contribution in [0.2, 0.25) is 0 Å². The van der Waals surface area contributed by atoms with E-state index in [4.69, 9.17) is 5.73 Å². The van der Waals surface area contributed by atoms with Crippen LogP contribution in [-0.4, -0.2) is 63.7 Å². The summed E-state index contributed by atoms with van der Waals surface area (Å²) in [5, 5.41) is 17.8. The second-order valence-corrected chi connectivity index (χ2v) is 7.59. The molecule has 0 aliphatic carbocycles. The highest BCUT2D eigenvalue weighted by Crippen LogP contribution is 2.19. The Morgan fingerprint density at radius 1 is 1.03 bits per heavy atom. The lowest BCUT2D eigenvalue weighted by Crippen LogP contribution is -2.56. The maximum Gasteiger partial charge on any atom is 0.326 e. The number of thiol groups is 1. The summed E-state index contributed by atoms with van der Waals surface area (Å²) in [4.78, 5) is 51.3. The Kier molecular flexibility index (Phi) is 8.46. The third-order valence-corrected chi connectivity index (χ3v) is 5.06. The maximum absolute atomic E-state index is 12.5. The number of aliphatic carboxylic acids is 1. The Hall–Kier alpha value is -3.05. The lowest BCUT2D eigenvalue weighted by Gasteiger charge is -2.22. The molecule has 0 radical (unpaired) electrons. The minimum absolute atomic E-state index is 0.00303. The van der Waals surface area contributed by atoms with Gasteiger partial charge in [-0.25, -0.2) is 4.79 Å². The van der Waals surface area contributed by atoms with Crippen LogP contribution in [-0.2, 0) is 25.6 Å². The molecule has 0 spiro atoms. The number of carboxylic acids is 1. The van der Waals surface area contributed by atoms with Crippen LogP contribution >= 0.6 is 12.6 Å². The summed E-state index contributed by atoms with van der Waals surface area (Å²) in [5.74, 6) is -3.03. The highest BCUT2D eigenvalue weighted by atomic mass is 32.1. The number of carbonyl (C=O) groups excluding carboxylic acids is 3. The normalized spacial score (nSPS) is 14.8. The van der Waals surface area contributed by atoms with Crippen LogP contribution in [0.1, 0.15) is 19.4 Å². The predicted molar refractivity (Wildman–Crippen MR) is 119 cm³/mol. The van der Waals surface area contributed by atoms with Gasteiger partial charge in [-0.15, -0.1) is 0 Å². The van der Waals surface area contributed by atoms with E-state index in [1.54, 1.807) is 6.20 Å². The second kappa shape index (κ2) is 10.8. The molecule has 31 heavy (non-hydrogen) atoms. The number of aromatic amines is 1. The SMILES string of the molecule is CC(N)C(=O)NC(CS)C(=O)NC(C)C(=O)NC(Cc1c[nH]c2ccccc12)C(=O)O. The van der Waals surface area contributed by atoms with Crippen LogP contribution in [0.25, 0.3) is 10.9 Å². The van der Waals surface area contributed by atoms with E-state index in [2.05, 4.69) is 33.6 Å². The van der Waals surface area contributed by atoms with Crippen molar-refractivity contribution in [2.24, 2.45) is 5.73 Å². The number of carboxylic acid groups (broad SMARTS) is 1. The average Bonchev–Trinajstić information content (AvgIpc) is 3.13. The molecule has 4 unspecified atom stereocenters. The number of hydrogen-bond donors (Lipinski definition) is 7. The Morgan fingerprint density at radius 3 is 2.29 bits per heavy atom. The van der Waals surface area contributed by atoms with Gasteiger partial charge < -0.3 is 31.8 Å². The van der Waals surface area contributed by atoms with Gasteiger partial charge in [0.1, 0.15) is 18.1 Å². The van der Waals surface area contributed by atoms with Gasteiger partial charge in [-0.05, 0) is 25.5 Å². The van der Waals surface area contributed by atoms with E-state index < -0.39 is 47.9 Å². The van der Waals surface area contributed by atoms with Crippen LogP contribution in [0.5, 0.6) is 0 Å². The first-order chi connectivity index (χ1) is 14.6. The fraction of sp³-hybridized carbons (Fsp3) is 0.400. The summed E-state index contributed by atoms with van der Waals surface area (Å²) < 4.78 is 0. The Balaban J connectivity index is 2.00. The minimum Gasteiger partial charge on any atom is -0.480 e. The van der Waals surface area contributed by atoms with Crippen molar-refractivity contribution in [1.29, 1.82) is 0 Å². The van der Waals surface area contributed by atoms with Gasteiger partial charge in [0.05, 0.1) is 6.04 Å². The number of aromatic nitrogens is 1. The van der Waals surface area contributed by atoms with Gasteiger partial charge in [0.2, 0.25) is 17.7 Å². The van der Waals surface area contributed by atoms with E-state index in [9.17, 15) is 24.3 Å². The molecule has 0 bridgehead atoms. The summed E-state index contributed by atoms with van der Waals surface area (Å²) in [5.41, 5.74) is 7.08. The van der Waals surface area contributed by atoms with Crippen molar-refractivity contribution in [3.05, 3.63) is 36.0 Å². The van der Waals surface area contributed by atoms with Crippen molar-refractivity contribution >= 4 is 47.2 Å². The lowest BCUT2D eigenvalue weighted by atomic mass is 10.0. The number of fused-ring (bicyclic) bond motifs is 1. The van der Waals surface area contributed by atoms with E-state index in [0.717, 1.165) is 16.5 Å². The van der Waals surface area contributed by atoms with Crippen LogP contribution in [0, 0.1) is 0 Å². The fourth-order valence-electron chi connectivity index (χ4n) is 2.89. The number of rotatable bonds is 10. The number of hydrogen-bond acceptors (Lipinski definition) is 6. The zero-order valence-corrected chi connectivity index (χ0v) is 18.1. The van der Waals surface area contributed by atoms with Gasteiger partial charge in [0, 0.05) is 29.3 Å². The van der Waals surface area contributed by atoms with E-state index in [1.807, 2.05) is 24.3 Å². The van der Waals surface area contributed by atoms with Crippen molar-refractivity contribution in [1.82, 2.24) is 20.9 Å². The molecule has 1 aromatic carbocycles. The zero-order chi connectivity index (χ0) is 23.1. The third-order valence-electron chi connectivity index (χ3n) is 4.69. The molecule has 168 valence electrons. The van der Waals surface area contributed by atoms with Gasteiger partial charge in [-0.3, -0.25) is 14.4 Å². The number of H-pyrrole nitrogens is 1. The molecule has 3 amide bonds. The van der Waals surface area contributed by atoms with Crippen molar-refractivity contribution in [2.75, 3.05) is 5.75 Å². The molecule has 1 heterocycles. The monoisotopic (exact) mass is 449 g/mol. The molecule has 0 aliphatic heterocycles. The quantitative estimate of drug-likeness (QED) is 0.243. The molecular formula is C20H27N5O5S. The van der Waals surface area contributed by atoms with Crippen molar-refractivity contribution in [3.8, 4) is 0 Å². The van der Waals surface area contributed by atoms with E-state index in [0.29, 0.717) is 0 Å². The van der Waals surface area contributed by atoms with Crippen LogP contribution in [0.15, 0.2) is 30.5 Å². The molecule has 0 saturated carbocycles. The van der Waals surface area contributed by atoms with Gasteiger partial charge in [-0.2, -0.15) is 12.6 Å². The lowest BCUT2D eigenvalue weighted by molar-refractivity contribution is -0.142. The first-order valence-electron chi connectivity index (χ1n) is 9.69. The number of amides is 3. The molecule has 2 rings (SSSR count). The van der Waals surface area contributed by atoms with E-state index in [1.165, 1.54) is 13.8 Å². The fourth-order valence-corrected chi connectivity index (χ4v) is 3.15. The number of para-hydroxylation sites is 1. The average molecular weight is 450 g/mol. The Bertz CT molecular complexity index is 960.